The van der Waals surface area contributed by atoms with Crippen molar-refractivity contribution in [2.75, 3.05) is 5.73 Å². The highest BCUT2D eigenvalue weighted by molar-refractivity contribution is 8.22. The maximum absolute atomic E-state index is 5.59. The van der Waals surface area contributed by atoms with Crippen LogP contribution in [0, 0.1) is 0 Å². The van der Waals surface area contributed by atoms with E-state index in [1.807, 2.05) is 38.1 Å². The zero-order valence-corrected chi connectivity index (χ0v) is 10.5. The highest BCUT2D eigenvalue weighted by Gasteiger charge is 2.02. The van der Waals surface area contributed by atoms with Gasteiger partial charge in [0.05, 0.1) is 6.10 Å². The monoisotopic (exact) mass is 241 g/mol. The van der Waals surface area contributed by atoms with E-state index in [-0.39, 0.29) is 6.10 Å². The molecular formula is C11H15NOS2. The molecule has 0 aliphatic heterocycles. The van der Waals surface area contributed by atoms with E-state index in [1.165, 1.54) is 17.3 Å². The lowest BCUT2D eigenvalue weighted by molar-refractivity contribution is 0.243. The van der Waals surface area contributed by atoms with Gasteiger partial charge in [-0.05, 0) is 43.8 Å². The predicted molar refractivity (Wildman–Crippen MR) is 71.0 cm³/mol. The molecule has 1 aromatic carbocycles. The highest BCUT2D eigenvalue weighted by atomic mass is 32.2. The van der Waals surface area contributed by atoms with Gasteiger partial charge < -0.3 is 10.5 Å². The van der Waals surface area contributed by atoms with Crippen molar-refractivity contribution < 1.29 is 4.74 Å². The van der Waals surface area contributed by atoms with Gasteiger partial charge >= 0.3 is 0 Å². The number of hydrogen-bond donors (Lipinski definition) is 1. The summed E-state index contributed by atoms with van der Waals surface area (Å²) in [5.41, 5.74) is 7.57. The number of nitrogen functional groups attached to an aromatic ring is 1. The van der Waals surface area contributed by atoms with Crippen LogP contribution in [0.2, 0.25) is 0 Å². The summed E-state index contributed by atoms with van der Waals surface area (Å²) in [6.45, 7) is 3.94. The molecule has 0 saturated carbocycles. The number of thioether (sulfide) groups is 1. The van der Waals surface area contributed by atoms with Gasteiger partial charge in [0.15, 0.2) is 0 Å². The molecule has 15 heavy (non-hydrogen) atoms. The smallest absolute Gasteiger partial charge is 0.220 e. The first-order valence-electron chi connectivity index (χ1n) is 4.76. The van der Waals surface area contributed by atoms with Gasteiger partial charge in [-0.15, -0.1) is 0 Å². The molecule has 0 heterocycles. The summed E-state index contributed by atoms with van der Waals surface area (Å²) in [5, 5.41) is 0. The average molecular weight is 241 g/mol. The van der Waals surface area contributed by atoms with Crippen LogP contribution in [-0.2, 0) is 10.5 Å². The van der Waals surface area contributed by atoms with E-state index in [1.54, 1.807) is 0 Å². The van der Waals surface area contributed by atoms with Crippen LogP contribution in [0.25, 0.3) is 0 Å². The zero-order valence-electron chi connectivity index (χ0n) is 8.90. The molecule has 0 spiro atoms. The normalized spacial score (nSPS) is 10.3. The molecule has 0 aromatic heterocycles. The van der Waals surface area contributed by atoms with Crippen LogP contribution < -0.4 is 5.73 Å². The second-order valence-corrected chi connectivity index (χ2v) is 5.02. The highest BCUT2D eigenvalue weighted by Crippen LogP contribution is 2.16. The summed E-state index contributed by atoms with van der Waals surface area (Å²) in [7, 11) is 0. The van der Waals surface area contributed by atoms with Gasteiger partial charge in [-0.2, -0.15) is 0 Å². The molecule has 82 valence electrons. The van der Waals surface area contributed by atoms with Crippen molar-refractivity contribution in [2.45, 2.75) is 25.7 Å². The van der Waals surface area contributed by atoms with Gasteiger partial charge in [-0.25, -0.2) is 0 Å². The number of thiocarbonyl (C=S) groups is 1. The maximum Gasteiger partial charge on any atom is 0.220 e. The molecular weight excluding hydrogens is 226 g/mol. The van der Waals surface area contributed by atoms with Crippen LogP contribution in [-0.4, -0.2) is 10.5 Å². The Hall–Kier alpha value is -0.740. The van der Waals surface area contributed by atoms with Gasteiger partial charge in [-0.3, -0.25) is 0 Å². The third kappa shape index (κ3) is 5.04. The fourth-order valence-corrected chi connectivity index (χ4v) is 2.09. The minimum atomic E-state index is 0.149. The maximum atomic E-state index is 5.59. The summed E-state index contributed by atoms with van der Waals surface area (Å²) >= 11 is 6.60. The lowest BCUT2D eigenvalue weighted by Crippen LogP contribution is -2.06. The average Bonchev–Trinajstić information content (AvgIpc) is 2.16. The molecule has 0 saturated heterocycles. The minimum absolute atomic E-state index is 0.149. The molecule has 4 heteroatoms. The van der Waals surface area contributed by atoms with Crippen molar-refractivity contribution in [1.82, 2.24) is 0 Å². The van der Waals surface area contributed by atoms with E-state index >= 15 is 0 Å². The second kappa shape index (κ2) is 5.98. The van der Waals surface area contributed by atoms with Gasteiger partial charge in [0.1, 0.15) is 0 Å². The third-order valence-electron chi connectivity index (χ3n) is 1.67. The topological polar surface area (TPSA) is 35.2 Å². The molecule has 0 unspecified atom stereocenters. The summed E-state index contributed by atoms with van der Waals surface area (Å²) in [6, 6.07) is 7.78. The number of benzene rings is 1. The van der Waals surface area contributed by atoms with Crippen LogP contribution >= 0.6 is 24.0 Å². The standard InChI is InChI=1S/C11H15NOS2/c1-8(2)13-11(14)15-7-9-3-5-10(12)6-4-9/h3-6,8H,7,12H2,1-2H3. The molecule has 0 aliphatic rings. The van der Waals surface area contributed by atoms with Gasteiger partial charge in [0.25, 0.3) is 0 Å². The molecule has 0 aliphatic carbocycles. The summed E-state index contributed by atoms with van der Waals surface area (Å²) in [5.74, 6) is 0.825. The number of ether oxygens (including phenoxy) is 1. The van der Waals surface area contributed by atoms with Crippen molar-refractivity contribution in [1.29, 1.82) is 0 Å². The van der Waals surface area contributed by atoms with Crippen molar-refractivity contribution in [3.63, 3.8) is 0 Å². The van der Waals surface area contributed by atoms with Gasteiger partial charge in [-0.1, -0.05) is 23.9 Å². The van der Waals surface area contributed by atoms with E-state index in [2.05, 4.69) is 0 Å². The zero-order chi connectivity index (χ0) is 11.3. The Morgan fingerprint density at radius 3 is 2.53 bits per heavy atom. The quantitative estimate of drug-likeness (QED) is 0.651. The first-order valence-corrected chi connectivity index (χ1v) is 6.15. The molecule has 1 rings (SSSR count). The van der Waals surface area contributed by atoms with Crippen molar-refractivity contribution >= 4 is 34.0 Å². The van der Waals surface area contributed by atoms with E-state index in [4.69, 9.17) is 22.7 Å². The molecule has 1 aromatic rings. The van der Waals surface area contributed by atoms with Gasteiger partial charge in [0.2, 0.25) is 4.38 Å². The Balaban J connectivity index is 2.37. The Kier molecular flexibility index (Phi) is 4.91. The first-order chi connectivity index (χ1) is 7.08. The molecule has 0 amide bonds. The molecule has 0 bridgehead atoms. The van der Waals surface area contributed by atoms with Crippen LogP contribution in [0.1, 0.15) is 19.4 Å². The molecule has 0 atom stereocenters. The van der Waals surface area contributed by atoms with Crippen molar-refractivity contribution in [2.24, 2.45) is 0 Å². The van der Waals surface area contributed by atoms with Crippen molar-refractivity contribution in [3.8, 4) is 0 Å². The van der Waals surface area contributed by atoms with E-state index in [9.17, 15) is 0 Å². The minimum Gasteiger partial charge on any atom is -0.476 e. The number of rotatable bonds is 3. The largest absolute Gasteiger partial charge is 0.476 e. The SMILES string of the molecule is CC(C)OC(=S)SCc1ccc(N)cc1. The Morgan fingerprint density at radius 2 is 2.00 bits per heavy atom. The van der Waals surface area contributed by atoms with Gasteiger partial charge in [0, 0.05) is 11.4 Å². The summed E-state index contributed by atoms with van der Waals surface area (Å²) in [6.07, 6.45) is 0.149. The fraction of sp³-hybridized carbons (Fsp3) is 0.364. The van der Waals surface area contributed by atoms with Crippen LogP contribution in [0.4, 0.5) is 5.69 Å². The van der Waals surface area contributed by atoms with Crippen molar-refractivity contribution in [3.05, 3.63) is 29.8 Å². The predicted octanol–water partition coefficient (Wildman–Crippen LogP) is 3.21. The Morgan fingerprint density at radius 1 is 1.40 bits per heavy atom. The third-order valence-corrected chi connectivity index (χ3v) is 2.93. The first kappa shape index (κ1) is 12.3. The second-order valence-electron chi connectivity index (χ2n) is 3.45. The molecule has 0 fully saturated rings. The van der Waals surface area contributed by atoms with Crippen LogP contribution in [0.15, 0.2) is 24.3 Å². The molecule has 0 radical (unpaired) electrons. The fourth-order valence-electron chi connectivity index (χ4n) is 0.983. The lowest BCUT2D eigenvalue weighted by atomic mass is 10.2. The van der Waals surface area contributed by atoms with E-state index < -0.39 is 0 Å². The van der Waals surface area contributed by atoms with Crippen LogP contribution in [0.3, 0.4) is 0 Å². The van der Waals surface area contributed by atoms with E-state index in [0.29, 0.717) is 4.38 Å². The Labute approximate surface area is 100 Å². The summed E-state index contributed by atoms with van der Waals surface area (Å²) < 4.78 is 5.96. The van der Waals surface area contributed by atoms with Crippen LogP contribution in [0.5, 0.6) is 0 Å². The Bertz CT molecular complexity index is 322. The van der Waals surface area contributed by atoms with E-state index in [0.717, 1.165) is 11.4 Å². The molecule has 2 N–H and O–H groups in total. The number of hydrogen-bond acceptors (Lipinski definition) is 4. The summed E-state index contributed by atoms with van der Waals surface area (Å²) in [4.78, 5) is 0. The molecule has 2 nitrogen and oxygen atoms in total. The lowest BCUT2D eigenvalue weighted by Gasteiger charge is -2.09. The number of anilines is 1. The number of nitrogens with two attached hydrogens (primary N) is 1.